The van der Waals surface area contributed by atoms with Gasteiger partial charge in [0, 0.05) is 10.8 Å². The maximum Gasteiger partial charge on any atom is 0.321 e. The van der Waals surface area contributed by atoms with Gasteiger partial charge in [-0.15, -0.1) is 0 Å². The molecule has 2 saturated carbocycles. The highest BCUT2D eigenvalue weighted by Gasteiger charge is 2.80. The summed E-state index contributed by atoms with van der Waals surface area (Å²) in [5.74, 6) is -2.85. The van der Waals surface area contributed by atoms with E-state index >= 15 is 0 Å². The quantitative estimate of drug-likeness (QED) is 0.661. The van der Waals surface area contributed by atoms with Crippen LogP contribution in [0.1, 0.15) is 59.8 Å². The van der Waals surface area contributed by atoms with Crippen molar-refractivity contribution in [1.82, 2.24) is 4.72 Å². The van der Waals surface area contributed by atoms with Crippen molar-refractivity contribution in [2.24, 2.45) is 10.8 Å². The summed E-state index contributed by atoms with van der Waals surface area (Å²) >= 11 is 0. The Morgan fingerprint density at radius 2 is 1.79 bits per heavy atom. The van der Waals surface area contributed by atoms with Gasteiger partial charge in [0.25, 0.3) is 0 Å². The Morgan fingerprint density at radius 1 is 1.21 bits per heavy atom. The Labute approximate surface area is 142 Å². The molecule has 0 aliphatic heterocycles. The zero-order valence-electron chi connectivity index (χ0n) is 14.5. The minimum Gasteiger partial charge on any atom is -0.480 e. The van der Waals surface area contributed by atoms with E-state index < -0.39 is 49.2 Å². The fourth-order valence-corrected chi connectivity index (χ4v) is 6.65. The van der Waals surface area contributed by atoms with E-state index in [0.717, 1.165) is 6.42 Å². The van der Waals surface area contributed by atoms with E-state index in [9.17, 15) is 27.9 Å². The standard InChI is InChI=1S/C16H25NO6S/c1-5-6-7-10(13(20)21)17-24(22,23)16-9-8-15(4,14(16,2)3)11(18)12(16)19/h10,17H,5-9H2,1-4H3,(H,20,21)/t10-,15?,16?/m0/s1. The summed E-state index contributed by atoms with van der Waals surface area (Å²) < 4.78 is 26.4. The Kier molecular flexibility index (Phi) is 4.46. The number of carboxylic acids is 1. The van der Waals surface area contributed by atoms with Crippen molar-refractivity contribution < 1.29 is 27.9 Å². The van der Waals surface area contributed by atoms with E-state index in [1.54, 1.807) is 20.8 Å². The fraction of sp³-hybridized carbons (Fsp3) is 0.812. The van der Waals surface area contributed by atoms with Gasteiger partial charge in [0.05, 0.1) is 0 Å². The molecule has 8 heteroatoms. The van der Waals surface area contributed by atoms with Gasteiger partial charge in [0.2, 0.25) is 21.6 Å². The van der Waals surface area contributed by atoms with Crippen molar-refractivity contribution in [2.45, 2.75) is 70.6 Å². The number of fused-ring (bicyclic) bond motifs is 2. The third-order valence-electron chi connectivity index (χ3n) is 6.34. The first-order chi connectivity index (χ1) is 10.9. The number of hydrogen-bond donors (Lipinski definition) is 2. The highest BCUT2D eigenvalue weighted by Crippen LogP contribution is 2.67. The second-order valence-electron chi connectivity index (χ2n) is 7.60. The normalized spacial score (nSPS) is 33.0. The van der Waals surface area contributed by atoms with Crippen molar-refractivity contribution in [3.05, 3.63) is 0 Å². The molecule has 0 radical (unpaired) electrons. The Balaban J connectivity index is 2.47. The molecule has 0 aromatic heterocycles. The monoisotopic (exact) mass is 359 g/mol. The van der Waals surface area contributed by atoms with Crippen LogP contribution in [0.5, 0.6) is 0 Å². The number of nitrogens with one attached hydrogen (secondary N) is 1. The number of carbonyl (C=O) groups is 3. The molecule has 0 saturated heterocycles. The van der Waals surface area contributed by atoms with Gasteiger partial charge >= 0.3 is 5.97 Å². The van der Waals surface area contributed by atoms with Crippen LogP contribution in [0, 0.1) is 10.8 Å². The van der Waals surface area contributed by atoms with Crippen LogP contribution < -0.4 is 4.72 Å². The molecule has 3 atom stereocenters. The van der Waals surface area contributed by atoms with Gasteiger partial charge in [-0.1, -0.05) is 40.5 Å². The van der Waals surface area contributed by atoms with Crippen LogP contribution in [0.4, 0.5) is 0 Å². The molecule has 2 aliphatic carbocycles. The van der Waals surface area contributed by atoms with Crippen LogP contribution in [0.3, 0.4) is 0 Å². The number of Topliss-reactive ketones (excluding diaryl/α,β-unsaturated/α-hetero) is 2. The zero-order valence-corrected chi connectivity index (χ0v) is 15.3. The van der Waals surface area contributed by atoms with Crippen LogP contribution in [0.25, 0.3) is 0 Å². The molecule has 0 aromatic carbocycles. The van der Waals surface area contributed by atoms with Crippen molar-refractivity contribution >= 4 is 27.6 Å². The Morgan fingerprint density at radius 3 is 2.21 bits per heavy atom. The van der Waals surface area contributed by atoms with Gasteiger partial charge < -0.3 is 5.11 Å². The molecule has 2 N–H and O–H groups in total. The third-order valence-corrected chi connectivity index (χ3v) is 8.75. The van der Waals surface area contributed by atoms with Crippen molar-refractivity contribution in [2.75, 3.05) is 0 Å². The molecular formula is C16H25NO6S. The van der Waals surface area contributed by atoms with Crippen LogP contribution >= 0.6 is 0 Å². The summed E-state index contributed by atoms with van der Waals surface area (Å²) in [4.78, 5) is 36.4. The molecule has 2 unspecified atom stereocenters. The van der Waals surface area contributed by atoms with Crippen molar-refractivity contribution in [3.8, 4) is 0 Å². The van der Waals surface area contributed by atoms with E-state index in [1.165, 1.54) is 0 Å². The summed E-state index contributed by atoms with van der Waals surface area (Å²) in [6.45, 7) is 6.73. The molecule has 0 heterocycles. The van der Waals surface area contributed by atoms with Crippen LogP contribution in [-0.2, 0) is 24.4 Å². The highest BCUT2D eigenvalue weighted by molar-refractivity contribution is 7.92. The second-order valence-corrected chi connectivity index (χ2v) is 9.54. The molecule has 0 spiro atoms. The van der Waals surface area contributed by atoms with E-state index in [0.29, 0.717) is 12.8 Å². The molecular weight excluding hydrogens is 334 g/mol. The van der Waals surface area contributed by atoms with E-state index in [4.69, 9.17) is 0 Å². The number of carbonyl (C=O) groups excluding carboxylic acids is 2. The van der Waals surface area contributed by atoms with Gasteiger partial charge in [0.1, 0.15) is 6.04 Å². The number of unbranched alkanes of at least 4 members (excludes halogenated alkanes) is 1. The first-order valence-electron chi connectivity index (χ1n) is 8.23. The molecule has 2 aliphatic rings. The molecule has 0 amide bonds. The average molecular weight is 359 g/mol. The van der Waals surface area contributed by atoms with Gasteiger partial charge in [-0.3, -0.25) is 14.4 Å². The van der Waals surface area contributed by atoms with Crippen molar-refractivity contribution in [3.63, 3.8) is 0 Å². The topological polar surface area (TPSA) is 118 Å². The van der Waals surface area contributed by atoms with Crippen LogP contribution in [0.2, 0.25) is 0 Å². The number of hydrogen-bond acceptors (Lipinski definition) is 5. The van der Waals surface area contributed by atoms with Gasteiger partial charge in [-0.2, -0.15) is 0 Å². The number of carboxylic acid groups (broad SMARTS) is 1. The highest BCUT2D eigenvalue weighted by atomic mass is 32.2. The summed E-state index contributed by atoms with van der Waals surface area (Å²) in [7, 11) is -4.33. The minimum absolute atomic E-state index is 0.0382. The van der Waals surface area contributed by atoms with Gasteiger partial charge in [-0.25, -0.2) is 13.1 Å². The number of sulfonamides is 1. The zero-order chi connectivity index (χ0) is 18.6. The lowest BCUT2D eigenvalue weighted by molar-refractivity contribution is -0.140. The predicted molar refractivity (Wildman–Crippen MR) is 86.9 cm³/mol. The van der Waals surface area contributed by atoms with Gasteiger partial charge in [0.15, 0.2) is 4.75 Å². The smallest absolute Gasteiger partial charge is 0.321 e. The van der Waals surface area contributed by atoms with Crippen LogP contribution in [0.15, 0.2) is 0 Å². The molecule has 2 rings (SSSR count). The SMILES string of the molecule is CCCC[C@H](NS(=O)(=O)C12CCC(C)(C(=O)C1=O)C2(C)C)C(=O)O. The molecule has 136 valence electrons. The molecule has 7 nitrogen and oxygen atoms in total. The van der Waals surface area contributed by atoms with E-state index in [-0.39, 0.29) is 12.8 Å². The molecule has 0 aromatic rings. The van der Waals surface area contributed by atoms with Crippen molar-refractivity contribution in [1.29, 1.82) is 0 Å². The summed E-state index contributed by atoms with van der Waals surface area (Å²) in [5, 5.41) is 9.29. The molecule has 24 heavy (non-hydrogen) atoms. The number of rotatable bonds is 7. The predicted octanol–water partition coefficient (Wildman–Crippen LogP) is 1.27. The van der Waals surface area contributed by atoms with E-state index in [2.05, 4.69) is 4.72 Å². The Bertz CT molecular complexity index is 697. The second kappa shape index (κ2) is 5.62. The minimum atomic E-state index is -4.33. The fourth-order valence-electron chi connectivity index (χ4n) is 4.25. The lowest BCUT2D eigenvalue weighted by Crippen LogP contribution is -2.59. The summed E-state index contributed by atoms with van der Waals surface area (Å²) in [5.41, 5.74) is -2.12. The largest absolute Gasteiger partial charge is 0.480 e. The molecule has 2 bridgehead atoms. The molecule has 2 fully saturated rings. The summed E-state index contributed by atoms with van der Waals surface area (Å²) in [6, 6.07) is -1.30. The maximum absolute atomic E-state index is 13.1. The Hall–Kier alpha value is -1.28. The van der Waals surface area contributed by atoms with Gasteiger partial charge in [-0.05, 0) is 19.3 Å². The first kappa shape index (κ1) is 19.1. The lowest BCUT2D eigenvalue weighted by Gasteiger charge is -2.38. The summed E-state index contributed by atoms with van der Waals surface area (Å²) in [6.07, 6.45) is 1.74. The third kappa shape index (κ3) is 2.12. The van der Waals surface area contributed by atoms with E-state index in [1.807, 2.05) is 6.92 Å². The first-order valence-corrected chi connectivity index (χ1v) is 9.71. The van der Waals surface area contributed by atoms with Crippen LogP contribution in [-0.4, -0.2) is 41.8 Å². The average Bonchev–Trinajstić information content (AvgIpc) is 2.75. The lowest BCUT2D eigenvalue weighted by atomic mass is 9.70. The maximum atomic E-state index is 13.1. The number of ketones is 2. The number of aliphatic carboxylic acids is 1.